The second-order valence-corrected chi connectivity index (χ2v) is 7.64. The van der Waals surface area contributed by atoms with E-state index < -0.39 is 0 Å². The Hall–Kier alpha value is -2.47. The van der Waals surface area contributed by atoms with Gasteiger partial charge in [0.15, 0.2) is 11.5 Å². The van der Waals surface area contributed by atoms with Gasteiger partial charge in [0.05, 0.1) is 20.5 Å². The molecule has 0 saturated carbocycles. The van der Waals surface area contributed by atoms with Crippen molar-refractivity contribution in [2.75, 3.05) is 40.9 Å². The summed E-state index contributed by atoms with van der Waals surface area (Å²) >= 11 is 0. The van der Waals surface area contributed by atoms with Crippen LogP contribution in [0.1, 0.15) is 30.6 Å². The second kappa shape index (κ2) is 10.3. The van der Waals surface area contributed by atoms with Crippen molar-refractivity contribution in [3.8, 4) is 11.5 Å². The number of amides is 1. The van der Waals surface area contributed by atoms with E-state index in [0.29, 0.717) is 18.9 Å². The van der Waals surface area contributed by atoms with Crippen molar-refractivity contribution >= 4 is 5.91 Å². The summed E-state index contributed by atoms with van der Waals surface area (Å²) in [5.41, 5.74) is 1.22. The first kappa shape index (κ1) is 21.2. The molecule has 158 valence electrons. The highest BCUT2D eigenvalue weighted by molar-refractivity contribution is 5.76. The van der Waals surface area contributed by atoms with E-state index in [2.05, 4.69) is 18.0 Å². The first-order valence-corrected chi connectivity index (χ1v) is 10.3. The van der Waals surface area contributed by atoms with Crippen LogP contribution in [-0.4, -0.2) is 62.7 Å². The SMILES string of the molecule is COc1ccc(CCN(C)[C@H]2CCCN(C(=O)CCc3ccco3)C2)cc1OC. The zero-order valence-corrected chi connectivity index (χ0v) is 17.7. The number of methoxy groups -OCH3 is 2. The Bertz CT molecular complexity index is 775. The van der Waals surface area contributed by atoms with Crippen molar-refractivity contribution in [2.45, 2.75) is 38.1 Å². The lowest BCUT2D eigenvalue weighted by Crippen LogP contribution is -2.49. The first-order valence-electron chi connectivity index (χ1n) is 10.3. The third kappa shape index (κ3) is 5.76. The normalized spacial score (nSPS) is 16.8. The maximum absolute atomic E-state index is 12.6. The molecule has 2 heterocycles. The molecule has 1 amide bonds. The van der Waals surface area contributed by atoms with Crippen molar-refractivity contribution in [2.24, 2.45) is 0 Å². The van der Waals surface area contributed by atoms with E-state index in [9.17, 15) is 4.79 Å². The molecule has 1 fully saturated rings. The minimum absolute atomic E-state index is 0.222. The number of carbonyl (C=O) groups is 1. The number of ether oxygens (including phenoxy) is 2. The fourth-order valence-electron chi connectivity index (χ4n) is 3.91. The molecule has 0 N–H and O–H groups in total. The van der Waals surface area contributed by atoms with Crippen molar-refractivity contribution < 1.29 is 18.7 Å². The number of nitrogens with zero attached hydrogens (tertiary/aromatic N) is 2. The number of likely N-dealkylation sites (tertiary alicyclic amines) is 1. The van der Waals surface area contributed by atoms with E-state index in [1.807, 2.05) is 29.2 Å². The van der Waals surface area contributed by atoms with Crippen LogP contribution in [0.2, 0.25) is 0 Å². The number of furan rings is 1. The highest BCUT2D eigenvalue weighted by Crippen LogP contribution is 2.28. The van der Waals surface area contributed by atoms with Gasteiger partial charge in [-0.05, 0) is 56.1 Å². The third-order valence-electron chi connectivity index (χ3n) is 5.74. The monoisotopic (exact) mass is 400 g/mol. The zero-order valence-electron chi connectivity index (χ0n) is 17.7. The highest BCUT2D eigenvalue weighted by Gasteiger charge is 2.26. The number of likely N-dealkylation sites (N-methyl/N-ethyl adjacent to an activating group) is 1. The Balaban J connectivity index is 1.49. The molecule has 6 nitrogen and oxygen atoms in total. The Labute approximate surface area is 173 Å². The summed E-state index contributed by atoms with van der Waals surface area (Å²) in [5.74, 6) is 2.61. The summed E-state index contributed by atoms with van der Waals surface area (Å²) < 4.78 is 16.1. The Morgan fingerprint density at radius 3 is 2.76 bits per heavy atom. The molecule has 0 bridgehead atoms. The van der Waals surface area contributed by atoms with Gasteiger partial charge in [-0.1, -0.05) is 6.07 Å². The number of carbonyl (C=O) groups excluding carboxylic acids is 1. The fraction of sp³-hybridized carbons (Fsp3) is 0.522. The molecule has 0 spiro atoms. The molecule has 1 saturated heterocycles. The molecule has 1 atom stereocenters. The van der Waals surface area contributed by atoms with Gasteiger partial charge in [0, 0.05) is 38.5 Å². The average Bonchev–Trinajstić information content (AvgIpc) is 3.29. The van der Waals surface area contributed by atoms with Crippen LogP contribution in [0.4, 0.5) is 0 Å². The molecular formula is C23H32N2O4. The molecule has 1 aromatic carbocycles. The quantitative estimate of drug-likeness (QED) is 0.646. The van der Waals surface area contributed by atoms with E-state index in [1.165, 1.54) is 5.56 Å². The van der Waals surface area contributed by atoms with Gasteiger partial charge in [-0.25, -0.2) is 0 Å². The van der Waals surface area contributed by atoms with Gasteiger partial charge < -0.3 is 23.7 Å². The molecule has 6 heteroatoms. The van der Waals surface area contributed by atoms with Crippen LogP contribution in [0, 0.1) is 0 Å². The van der Waals surface area contributed by atoms with Crippen LogP contribution in [0.3, 0.4) is 0 Å². The predicted molar refractivity (Wildman–Crippen MR) is 113 cm³/mol. The number of benzene rings is 1. The summed E-state index contributed by atoms with van der Waals surface area (Å²) in [6, 6.07) is 10.3. The summed E-state index contributed by atoms with van der Waals surface area (Å²) in [6.45, 7) is 2.60. The number of aryl methyl sites for hydroxylation is 1. The van der Waals surface area contributed by atoms with E-state index in [1.54, 1.807) is 20.5 Å². The maximum Gasteiger partial charge on any atom is 0.223 e. The maximum atomic E-state index is 12.6. The predicted octanol–water partition coefficient (Wildman–Crippen LogP) is 3.39. The smallest absolute Gasteiger partial charge is 0.223 e. The van der Waals surface area contributed by atoms with E-state index in [4.69, 9.17) is 13.9 Å². The molecule has 0 aliphatic carbocycles. The largest absolute Gasteiger partial charge is 0.493 e. The molecule has 1 aliphatic rings. The van der Waals surface area contributed by atoms with Crippen LogP contribution >= 0.6 is 0 Å². The molecule has 0 unspecified atom stereocenters. The summed E-state index contributed by atoms with van der Waals surface area (Å²) in [4.78, 5) is 17.0. The van der Waals surface area contributed by atoms with Gasteiger partial charge in [-0.3, -0.25) is 4.79 Å². The summed E-state index contributed by atoms with van der Waals surface area (Å²) in [7, 11) is 5.46. The molecule has 3 rings (SSSR count). The van der Waals surface area contributed by atoms with Crippen molar-refractivity contribution in [3.63, 3.8) is 0 Å². The van der Waals surface area contributed by atoms with Gasteiger partial charge in [0.2, 0.25) is 5.91 Å². The van der Waals surface area contributed by atoms with Gasteiger partial charge in [-0.15, -0.1) is 0 Å². The molecule has 2 aromatic rings. The minimum atomic E-state index is 0.222. The zero-order chi connectivity index (χ0) is 20.6. The van der Waals surface area contributed by atoms with Crippen LogP contribution in [0.15, 0.2) is 41.0 Å². The van der Waals surface area contributed by atoms with E-state index in [0.717, 1.165) is 56.2 Å². The molecular weight excluding hydrogens is 368 g/mol. The molecule has 1 aromatic heterocycles. The Morgan fingerprint density at radius 1 is 1.21 bits per heavy atom. The third-order valence-corrected chi connectivity index (χ3v) is 5.74. The fourth-order valence-corrected chi connectivity index (χ4v) is 3.91. The van der Waals surface area contributed by atoms with E-state index in [-0.39, 0.29) is 5.91 Å². The minimum Gasteiger partial charge on any atom is -0.493 e. The Kier molecular flexibility index (Phi) is 7.58. The van der Waals surface area contributed by atoms with Gasteiger partial charge in [0.25, 0.3) is 0 Å². The van der Waals surface area contributed by atoms with Gasteiger partial charge >= 0.3 is 0 Å². The second-order valence-electron chi connectivity index (χ2n) is 7.64. The lowest BCUT2D eigenvalue weighted by atomic mass is 10.0. The average molecular weight is 401 g/mol. The summed E-state index contributed by atoms with van der Waals surface area (Å²) in [5, 5.41) is 0. The van der Waals surface area contributed by atoms with Crippen LogP contribution in [-0.2, 0) is 17.6 Å². The number of hydrogen-bond donors (Lipinski definition) is 0. The van der Waals surface area contributed by atoms with E-state index >= 15 is 0 Å². The number of hydrogen-bond acceptors (Lipinski definition) is 5. The van der Waals surface area contributed by atoms with Gasteiger partial charge in [0.1, 0.15) is 5.76 Å². The molecule has 0 radical (unpaired) electrons. The molecule has 1 aliphatic heterocycles. The van der Waals surface area contributed by atoms with Crippen molar-refractivity contribution in [3.05, 3.63) is 47.9 Å². The van der Waals surface area contributed by atoms with Crippen LogP contribution < -0.4 is 9.47 Å². The van der Waals surface area contributed by atoms with Crippen molar-refractivity contribution in [1.29, 1.82) is 0 Å². The van der Waals surface area contributed by atoms with Crippen LogP contribution in [0.25, 0.3) is 0 Å². The standard InChI is InChI=1S/C23H32N2O4/c1-24(14-12-18-8-10-21(27-2)22(16-18)28-3)19-6-4-13-25(17-19)23(26)11-9-20-7-5-15-29-20/h5,7-8,10,15-16,19H,4,6,9,11-14,17H2,1-3H3/t19-/m0/s1. The summed E-state index contributed by atoms with van der Waals surface area (Å²) in [6.07, 6.45) is 5.95. The Morgan fingerprint density at radius 2 is 2.03 bits per heavy atom. The lowest BCUT2D eigenvalue weighted by Gasteiger charge is -2.37. The van der Waals surface area contributed by atoms with Crippen LogP contribution in [0.5, 0.6) is 11.5 Å². The number of piperidine rings is 1. The number of rotatable bonds is 9. The first-order chi connectivity index (χ1) is 14.1. The lowest BCUT2D eigenvalue weighted by molar-refractivity contribution is -0.133. The highest BCUT2D eigenvalue weighted by atomic mass is 16.5. The topological polar surface area (TPSA) is 55.2 Å². The van der Waals surface area contributed by atoms with Gasteiger partial charge in [-0.2, -0.15) is 0 Å². The van der Waals surface area contributed by atoms with Crippen molar-refractivity contribution in [1.82, 2.24) is 9.80 Å². The molecule has 29 heavy (non-hydrogen) atoms.